The summed E-state index contributed by atoms with van der Waals surface area (Å²) < 4.78 is 109. The fourth-order valence-electron chi connectivity index (χ4n) is 2.24. The molecule has 0 radical (unpaired) electrons. The van der Waals surface area contributed by atoms with E-state index in [2.05, 4.69) is 11.6 Å². The molecule has 0 saturated carbocycles. The van der Waals surface area contributed by atoms with Gasteiger partial charge in [-0.1, -0.05) is 0 Å². The van der Waals surface area contributed by atoms with E-state index in [4.69, 9.17) is 0 Å². The van der Waals surface area contributed by atoms with Crippen molar-refractivity contribution in [3.8, 4) is 0 Å². The number of ketones is 1. The van der Waals surface area contributed by atoms with Crippen molar-refractivity contribution in [1.29, 1.82) is 0 Å². The van der Waals surface area contributed by atoms with Crippen LogP contribution in [0, 0.1) is 17.5 Å². The number of fused-ring (bicyclic) bond motifs is 1. The van der Waals surface area contributed by atoms with Crippen LogP contribution in [0.25, 0.3) is 0 Å². The van der Waals surface area contributed by atoms with E-state index in [1.807, 2.05) is 0 Å². The molecule has 0 N–H and O–H groups in total. The third kappa shape index (κ3) is 2.30. The number of hydrogen-bond acceptors (Lipinski definition) is 2. The Balaban J connectivity index is 3.01. The van der Waals surface area contributed by atoms with E-state index in [0.717, 1.165) is 0 Å². The first kappa shape index (κ1) is 17.6. The standard InChI is InChI=1S/C12H3ClF8O2/c13-11(23)9(22)2-3-1(4(14)7(17)6(2)16)5(15)8(18)10(19)12(3,20)21/h5,8,10H. The molecule has 126 valence electrons. The fraction of sp³-hybridized carbons (Fsp3) is 0.333. The van der Waals surface area contributed by atoms with Gasteiger partial charge in [0, 0.05) is 11.1 Å². The van der Waals surface area contributed by atoms with Crippen LogP contribution in [0.3, 0.4) is 0 Å². The molecular formula is C12H3ClF8O2. The second-order valence-electron chi connectivity index (χ2n) is 4.58. The predicted octanol–water partition coefficient (Wildman–Crippen LogP) is 3.84. The van der Waals surface area contributed by atoms with E-state index in [1.165, 1.54) is 0 Å². The molecule has 0 amide bonds. The van der Waals surface area contributed by atoms with Gasteiger partial charge in [-0.05, 0) is 11.6 Å². The van der Waals surface area contributed by atoms with Crippen LogP contribution in [0.1, 0.15) is 27.7 Å². The summed E-state index contributed by atoms with van der Waals surface area (Å²) >= 11 is 4.69. The maximum atomic E-state index is 13.8. The van der Waals surface area contributed by atoms with E-state index in [1.54, 1.807) is 0 Å². The first-order valence-corrected chi connectivity index (χ1v) is 6.07. The number of rotatable bonds is 2. The highest BCUT2D eigenvalue weighted by molar-refractivity contribution is 6.83. The summed E-state index contributed by atoms with van der Waals surface area (Å²) in [5, 5.41) is -2.10. The summed E-state index contributed by atoms with van der Waals surface area (Å²) in [4.78, 5) is 22.1. The zero-order valence-corrected chi connectivity index (χ0v) is 11.2. The molecule has 0 bridgehead atoms. The highest BCUT2D eigenvalue weighted by Gasteiger charge is 2.60. The Labute approximate surface area is 127 Å². The summed E-state index contributed by atoms with van der Waals surface area (Å²) in [5.74, 6) is -15.1. The molecule has 3 unspecified atom stereocenters. The van der Waals surface area contributed by atoms with Gasteiger partial charge >= 0.3 is 5.92 Å². The lowest BCUT2D eigenvalue weighted by atomic mass is 9.80. The Morgan fingerprint density at radius 3 is 1.96 bits per heavy atom. The van der Waals surface area contributed by atoms with Gasteiger partial charge in [0.1, 0.15) is 0 Å². The minimum atomic E-state index is -5.11. The Kier molecular flexibility index (Phi) is 4.16. The monoisotopic (exact) mass is 366 g/mol. The van der Waals surface area contributed by atoms with Crippen LogP contribution in [0.15, 0.2) is 0 Å². The molecule has 0 aromatic heterocycles. The average molecular weight is 367 g/mol. The van der Waals surface area contributed by atoms with Gasteiger partial charge in [0.15, 0.2) is 29.8 Å². The van der Waals surface area contributed by atoms with Crippen LogP contribution in [0.4, 0.5) is 35.1 Å². The largest absolute Gasteiger partial charge is 0.308 e. The maximum absolute atomic E-state index is 13.8. The lowest BCUT2D eigenvalue weighted by Crippen LogP contribution is -2.45. The number of carbonyl (C=O) groups is 2. The molecule has 1 aliphatic rings. The number of benzene rings is 1. The van der Waals surface area contributed by atoms with Crippen LogP contribution in [0.2, 0.25) is 0 Å². The third-order valence-corrected chi connectivity index (χ3v) is 3.45. The number of halogens is 9. The van der Waals surface area contributed by atoms with Gasteiger partial charge in [-0.3, -0.25) is 9.59 Å². The van der Waals surface area contributed by atoms with Crippen LogP contribution in [-0.4, -0.2) is 23.4 Å². The van der Waals surface area contributed by atoms with Crippen LogP contribution in [-0.2, 0) is 10.7 Å². The van der Waals surface area contributed by atoms with Crippen LogP contribution in [0.5, 0.6) is 0 Å². The van der Waals surface area contributed by atoms with E-state index < -0.39 is 69.6 Å². The maximum Gasteiger partial charge on any atom is 0.308 e. The highest BCUT2D eigenvalue weighted by Crippen LogP contribution is 2.51. The lowest BCUT2D eigenvalue weighted by molar-refractivity contribution is -0.133. The van der Waals surface area contributed by atoms with Crippen molar-refractivity contribution >= 4 is 22.6 Å². The Morgan fingerprint density at radius 1 is 0.957 bits per heavy atom. The first-order chi connectivity index (χ1) is 10.4. The van der Waals surface area contributed by atoms with Crippen molar-refractivity contribution in [2.75, 3.05) is 0 Å². The summed E-state index contributed by atoms with van der Waals surface area (Å²) in [5.41, 5.74) is -6.49. The number of Topliss-reactive ketones (excluding diaryl/α,β-unsaturated/α-hetero) is 1. The van der Waals surface area contributed by atoms with Gasteiger partial charge in [-0.15, -0.1) is 0 Å². The molecular weight excluding hydrogens is 364 g/mol. The number of carbonyl (C=O) groups excluding carboxylic acids is 2. The second kappa shape index (κ2) is 5.43. The van der Waals surface area contributed by atoms with E-state index >= 15 is 0 Å². The molecule has 0 heterocycles. The summed E-state index contributed by atoms with van der Waals surface area (Å²) in [6, 6.07) is 0. The van der Waals surface area contributed by atoms with Crippen LogP contribution >= 0.6 is 11.6 Å². The van der Waals surface area contributed by atoms with Gasteiger partial charge < -0.3 is 0 Å². The zero-order chi connectivity index (χ0) is 17.9. The van der Waals surface area contributed by atoms with Gasteiger partial charge in [-0.2, -0.15) is 8.78 Å². The van der Waals surface area contributed by atoms with Crippen molar-refractivity contribution in [3.05, 3.63) is 34.1 Å². The van der Waals surface area contributed by atoms with Gasteiger partial charge in [0.2, 0.25) is 12.0 Å². The lowest BCUT2D eigenvalue weighted by Gasteiger charge is -2.34. The molecule has 11 heteroatoms. The van der Waals surface area contributed by atoms with Gasteiger partial charge in [0.25, 0.3) is 5.24 Å². The molecule has 2 rings (SSSR count). The average Bonchev–Trinajstić information content (AvgIpc) is 2.48. The van der Waals surface area contributed by atoms with Gasteiger partial charge in [-0.25, -0.2) is 26.3 Å². The summed E-state index contributed by atoms with van der Waals surface area (Å²) in [7, 11) is 0. The van der Waals surface area contributed by atoms with E-state index in [9.17, 15) is 44.7 Å². The molecule has 0 fully saturated rings. The molecule has 3 atom stereocenters. The number of alkyl halides is 5. The van der Waals surface area contributed by atoms with Gasteiger partial charge in [0.05, 0.1) is 5.56 Å². The van der Waals surface area contributed by atoms with E-state index in [-0.39, 0.29) is 0 Å². The van der Waals surface area contributed by atoms with Crippen molar-refractivity contribution in [1.82, 2.24) is 0 Å². The van der Waals surface area contributed by atoms with E-state index in [0.29, 0.717) is 0 Å². The molecule has 0 aliphatic heterocycles. The molecule has 2 nitrogen and oxygen atoms in total. The number of hydrogen-bond donors (Lipinski definition) is 0. The minimum Gasteiger partial charge on any atom is -0.284 e. The summed E-state index contributed by atoms with van der Waals surface area (Å²) in [6.45, 7) is 0. The van der Waals surface area contributed by atoms with Crippen molar-refractivity contribution in [3.63, 3.8) is 0 Å². The highest BCUT2D eigenvalue weighted by atomic mass is 35.5. The molecule has 0 spiro atoms. The second-order valence-corrected chi connectivity index (χ2v) is 4.92. The SMILES string of the molecule is O=C(Cl)C(=O)c1c(F)c(F)c(F)c2c1C(F)(F)C(F)C(F)C2F. The van der Waals surface area contributed by atoms with Crippen molar-refractivity contribution < 1.29 is 44.7 Å². The minimum absolute atomic E-state index is 2.07. The quantitative estimate of drug-likeness (QED) is 0.262. The van der Waals surface area contributed by atoms with Crippen LogP contribution < -0.4 is 0 Å². The predicted molar refractivity (Wildman–Crippen MR) is 59.0 cm³/mol. The van der Waals surface area contributed by atoms with Crippen molar-refractivity contribution in [2.24, 2.45) is 0 Å². The Morgan fingerprint density at radius 2 is 1.48 bits per heavy atom. The smallest absolute Gasteiger partial charge is 0.284 e. The van der Waals surface area contributed by atoms with Crippen molar-refractivity contribution in [2.45, 2.75) is 24.4 Å². The topological polar surface area (TPSA) is 34.1 Å². The fourth-order valence-corrected chi connectivity index (χ4v) is 2.34. The Hall–Kier alpha value is -1.71. The normalized spacial score (nSPS) is 25.9. The molecule has 1 aromatic carbocycles. The third-order valence-electron chi connectivity index (χ3n) is 3.28. The molecule has 1 aromatic rings. The molecule has 1 aliphatic carbocycles. The molecule has 23 heavy (non-hydrogen) atoms. The summed E-state index contributed by atoms with van der Waals surface area (Å²) in [6.07, 6.45) is -11.0. The zero-order valence-electron chi connectivity index (χ0n) is 10.5. The Bertz CT molecular complexity index is 720. The molecule has 0 saturated heterocycles. The first-order valence-electron chi connectivity index (χ1n) is 5.69.